The first-order valence-corrected chi connectivity index (χ1v) is 7.10. The second kappa shape index (κ2) is 5.27. The van der Waals surface area contributed by atoms with Crippen LogP contribution in [0.3, 0.4) is 0 Å². The topological polar surface area (TPSA) is 32.3 Å². The molecule has 0 saturated heterocycles. The maximum absolute atomic E-state index is 9.38. The first-order chi connectivity index (χ1) is 7.74. The second-order valence-electron chi connectivity index (χ2n) is 7.54. The monoisotopic (exact) mass is 241 g/mol. The number of nitrogens with one attached hydrogen (secondary N) is 1. The summed E-state index contributed by atoms with van der Waals surface area (Å²) in [6.07, 6.45) is 5.70. The van der Waals surface area contributed by atoms with Crippen LogP contribution in [0.15, 0.2) is 0 Å². The number of aliphatic hydroxyl groups is 1. The highest BCUT2D eigenvalue weighted by Gasteiger charge is 2.46. The third kappa shape index (κ3) is 4.26. The van der Waals surface area contributed by atoms with Crippen LogP contribution in [0.5, 0.6) is 0 Å². The van der Waals surface area contributed by atoms with Crippen molar-refractivity contribution in [1.82, 2.24) is 5.32 Å². The lowest BCUT2D eigenvalue weighted by Gasteiger charge is -2.52. The maximum Gasteiger partial charge on any atom is 0.0448 e. The fourth-order valence-corrected chi connectivity index (χ4v) is 4.31. The predicted molar refractivity (Wildman–Crippen MR) is 74.1 cm³/mol. The molecule has 0 heterocycles. The first kappa shape index (κ1) is 15.0. The molecule has 0 unspecified atom stereocenters. The van der Waals surface area contributed by atoms with Gasteiger partial charge in [0.2, 0.25) is 0 Å². The molecule has 0 bridgehead atoms. The number of hydrogen-bond donors (Lipinski definition) is 2. The van der Waals surface area contributed by atoms with E-state index in [0.717, 1.165) is 19.4 Å². The number of hydrogen-bond acceptors (Lipinski definition) is 2. The third-order valence-electron chi connectivity index (χ3n) is 3.93. The Bertz CT molecular complexity index is 229. The average molecular weight is 241 g/mol. The van der Waals surface area contributed by atoms with Crippen LogP contribution in [0.25, 0.3) is 0 Å². The SMILES string of the molecule is CCCNC1(CCO)CC(C)(C)CC(C)(C)C1. The molecule has 1 aliphatic carbocycles. The molecule has 17 heavy (non-hydrogen) atoms. The lowest BCUT2D eigenvalue weighted by Crippen LogP contribution is -2.55. The van der Waals surface area contributed by atoms with E-state index in [0.29, 0.717) is 17.4 Å². The van der Waals surface area contributed by atoms with Crippen LogP contribution in [0.1, 0.15) is 66.7 Å². The molecule has 0 aromatic heterocycles. The fourth-order valence-electron chi connectivity index (χ4n) is 4.31. The molecule has 1 fully saturated rings. The van der Waals surface area contributed by atoms with Gasteiger partial charge in [-0.3, -0.25) is 0 Å². The van der Waals surface area contributed by atoms with E-state index in [1.165, 1.54) is 19.3 Å². The van der Waals surface area contributed by atoms with Crippen molar-refractivity contribution in [1.29, 1.82) is 0 Å². The normalized spacial score (nSPS) is 25.8. The first-order valence-electron chi connectivity index (χ1n) is 7.10. The van der Waals surface area contributed by atoms with E-state index in [2.05, 4.69) is 39.9 Å². The Morgan fingerprint density at radius 2 is 1.53 bits per heavy atom. The van der Waals surface area contributed by atoms with Gasteiger partial charge in [0.1, 0.15) is 0 Å². The van der Waals surface area contributed by atoms with Crippen LogP contribution in [0.2, 0.25) is 0 Å². The highest BCUT2D eigenvalue weighted by molar-refractivity contribution is 5.02. The highest BCUT2D eigenvalue weighted by atomic mass is 16.3. The zero-order valence-corrected chi connectivity index (χ0v) is 12.4. The van der Waals surface area contributed by atoms with E-state index in [-0.39, 0.29) is 5.54 Å². The van der Waals surface area contributed by atoms with Crippen LogP contribution >= 0.6 is 0 Å². The molecule has 0 spiro atoms. The van der Waals surface area contributed by atoms with E-state index < -0.39 is 0 Å². The van der Waals surface area contributed by atoms with Gasteiger partial charge in [0.25, 0.3) is 0 Å². The standard InChI is InChI=1S/C15H31NO/c1-6-8-16-15(7-9-17)11-13(2,3)10-14(4,5)12-15/h16-17H,6-12H2,1-5H3. The van der Waals surface area contributed by atoms with Gasteiger partial charge in [-0.15, -0.1) is 0 Å². The minimum Gasteiger partial charge on any atom is -0.396 e. The van der Waals surface area contributed by atoms with Crippen molar-refractivity contribution in [2.75, 3.05) is 13.2 Å². The summed E-state index contributed by atoms with van der Waals surface area (Å²) in [5, 5.41) is 13.1. The quantitative estimate of drug-likeness (QED) is 0.773. The van der Waals surface area contributed by atoms with E-state index in [1.807, 2.05) is 0 Å². The highest BCUT2D eigenvalue weighted by Crippen LogP contribution is 2.51. The van der Waals surface area contributed by atoms with Gasteiger partial charge in [-0.1, -0.05) is 34.6 Å². The summed E-state index contributed by atoms with van der Waals surface area (Å²) in [5.74, 6) is 0. The minimum atomic E-state index is 0.149. The van der Waals surface area contributed by atoms with Gasteiger partial charge in [0, 0.05) is 12.1 Å². The van der Waals surface area contributed by atoms with Crippen LogP contribution in [-0.2, 0) is 0 Å². The minimum absolute atomic E-state index is 0.149. The van der Waals surface area contributed by atoms with Gasteiger partial charge in [0.15, 0.2) is 0 Å². The number of rotatable bonds is 5. The molecule has 0 radical (unpaired) electrons. The molecule has 0 aliphatic heterocycles. The van der Waals surface area contributed by atoms with Crippen LogP contribution in [-0.4, -0.2) is 23.8 Å². The van der Waals surface area contributed by atoms with Crippen molar-refractivity contribution in [3.05, 3.63) is 0 Å². The third-order valence-corrected chi connectivity index (χ3v) is 3.93. The fraction of sp³-hybridized carbons (Fsp3) is 1.00. The van der Waals surface area contributed by atoms with Crippen LogP contribution in [0, 0.1) is 10.8 Å². The predicted octanol–water partition coefficient (Wildman–Crippen LogP) is 3.34. The van der Waals surface area contributed by atoms with Gasteiger partial charge < -0.3 is 10.4 Å². The zero-order chi connectivity index (χ0) is 13.2. The molecule has 2 heteroatoms. The van der Waals surface area contributed by atoms with Crippen molar-refractivity contribution in [2.24, 2.45) is 10.8 Å². The Hall–Kier alpha value is -0.0800. The molecule has 2 nitrogen and oxygen atoms in total. The Labute approximate surface area is 107 Å². The summed E-state index contributed by atoms with van der Waals surface area (Å²) < 4.78 is 0. The van der Waals surface area contributed by atoms with Crippen LogP contribution in [0.4, 0.5) is 0 Å². The van der Waals surface area contributed by atoms with Gasteiger partial charge in [-0.2, -0.15) is 0 Å². The van der Waals surface area contributed by atoms with Crippen molar-refractivity contribution in [2.45, 2.75) is 72.3 Å². The van der Waals surface area contributed by atoms with E-state index in [9.17, 15) is 5.11 Å². The largest absolute Gasteiger partial charge is 0.396 e. The van der Waals surface area contributed by atoms with Crippen molar-refractivity contribution in [3.8, 4) is 0 Å². The lowest BCUT2D eigenvalue weighted by atomic mass is 9.57. The molecule has 1 rings (SSSR count). The second-order valence-corrected chi connectivity index (χ2v) is 7.54. The average Bonchev–Trinajstić information content (AvgIpc) is 2.10. The van der Waals surface area contributed by atoms with Gasteiger partial charge in [-0.25, -0.2) is 0 Å². The van der Waals surface area contributed by atoms with E-state index >= 15 is 0 Å². The summed E-state index contributed by atoms with van der Waals surface area (Å²) in [5.41, 5.74) is 0.894. The van der Waals surface area contributed by atoms with Crippen molar-refractivity contribution in [3.63, 3.8) is 0 Å². The molecule has 0 atom stereocenters. The van der Waals surface area contributed by atoms with E-state index in [1.54, 1.807) is 0 Å². The Kier molecular flexibility index (Phi) is 4.65. The molecule has 0 aromatic rings. The van der Waals surface area contributed by atoms with Crippen LogP contribution < -0.4 is 5.32 Å². The van der Waals surface area contributed by atoms with Crippen molar-refractivity contribution >= 4 is 0 Å². The molecule has 102 valence electrons. The van der Waals surface area contributed by atoms with Gasteiger partial charge in [-0.05, 0) is 49.5 Å². The molecule has 1 aliphatic rings. The Morgan fingerprint density at radius 3 is 1.94 bits per heavy atom. The summed E-state index contributed by atoms with van der Waals surface area (Å²) in [6.45, 7) is 13.0. The molecular formula is C15H31NO. The summed E-state index contributed by atoms with van der Waals surface area (Å²) in [6, 6.07) is 0. The zero-order valence-electron chi connectivity index (χ0n) is 12.4. The molecule has 0 amide bonds. The molecule has 1 saturated carbocycles. The molecule has 2 N–H and O–H groups in total. The van der Waals surface area contributed by atoms with Crippen molar-refractivity contribution < 1.29 is 5.11 Å². The lowest BCUT2D eigenvalue weighted by molar-refractivity contribution is 0.0154. The maximum atomic E-state index is 9.38. The van der Waals surface area contributed by atoms with Gasteiger partial charge in [0.05, 0.1) is 0 Å². The molecular weight excluding hydrogens is 210 g/mol. The van der Waals surface area contributed by atoms with Gasteiger partial charge >= 0.3 is 0 Å². The van der Waals surface area contributed by atoms with E-state index in [4.69, 9.17) is 0 Å². The summed E-state index contributed by atoms with van der Waals surface area (Å²) >= 11 is 0. The smallest absolute Gasteiger partial charge is 0.0448 e. The Morgan fingerprint density at radius 1 is 1.00 bits per heavy atom. The molecule has 0 aromatic carbocycles. The summed E-state index contributed by atoms with van der Waals surface area (Å²) in [7, 11) is 0. The Balaban J connectivity index is 2.86. The summed E-state index contributed by atoms with van der Waals surface area (Å²) in [4.78, 5) is 0. The number of aliphatic hydroxyl groups excluding tert-OH is 1.